The molecular formula is C57H108O6. The zero-order valence-electron chi connectivity index (χ0n) is 42.6. The highest BCUT2D eigenvalue weighted by molar-refractivity contribution is 5.71. The second-order valence-electron chi connectivity index (χ2n) is 19.2. The molecule has 0 aromatic carbocycles. The topological polar surface area (TPSA) is 78.9 Å². The first-order valence-electron chi connectivity index (χ1n) is 28.2. The monoisotopic (exact) mass is 889 g/mol. The minimum Gasteiger partial charge on any atom is -0.462 e. The zero-order valence-corrected chi connectivity index (χ0v) is 42.6. The molecule has 0 amide bonds. The fourth-order valence-corrected chi connectivity index (χ4v) is 8.50. The molecule has 0 aliphatic carbocycles. The number of unbranched alkanes of at least 4 members (excludes halogenated alkanes) is 39. The van der Waals surface area contributed by atoms with Gasteiger partial charge in [-0.1, -0.05) is 264 Å². The molecule has 0 heterocycles. The van der Waals surface area contributed by atoms with Gasteiger partial charge in [0.05, 0.1) is 0 Å². The molecule has 0 aromatic heterocycles. The van der Waals surface area contributed by atoms with E-state index in [1.54, 1.807) is 0 Å². The van der Waals surface area contributed by atoms with E-state index in [2.05, 4.69) is 32.9 Å². The Bertz CT molecular complexity index is 978. The maximum atomic E-state index is 12.7. The van der Waals surface area contributed by atoms with Crippen molar-refractivity contribution in [3.8, 4) is 0 Å². The summed E-state index contributed by atoms with van der Waals surface area (Å²) in [5, 5.41) is 0. The minimum atomic E-state index is -0.766. The minimum absolute atomic E-state index is 0.0691. The van der Waals surface area contributed by atoms with Crippen LogP contribution in [0.15, 0.2) is 12.2 Å². The van der Waals surface area contributed by atoms with Crippen LogP contribution >= 0.6 is 0 Å². The van der Waals surface area contributed by atoms with Gasteiger partial charge in [0.15, 0.2) is 6.10 Å². The van der Waals surface area contributed by atoms with Gasteiger partial charge in [0.1, 0.15) is 13.2 Å². The number of rotatable bonds is 52. The van der Waals surface area contributed by atoms with E-state index in [0.29, 0.717) is 19.3 Å². The highest BCUT2D eigenvalue weighted by atomic mass is 16.6. The van der Waals surface area contributed by atoms with Crippen molar-refractivity contribution in [3.63, 3.8) is 0 Å². The van der Waals surface area contributed by atoms with Gasteiger partial charge >= 0.3 is 17.9 Å². The van der Waals surface area contributed by atoms with E-state index in [0.717, 1.165) is 64.2 Å². The van der Waals surface area contributed by atoms with Crippen molar-refractivity contribution in [2.24, 2.45) is 0 Å². The van der Waals surface area contributed by atoms with Gasteiger partial charge in [0.25, 0.3) is 0 Å². The predicted molar refractivity (Wildman–Crippen MR) is 270 cm³/mol. The molecule has 0 aliphatic rings. The number of hydrogen-bond donors (Lipinski definition) is 0. The summed E-state index contributed by atoms with van der Waals surface area (Å²) in [5.41, 5.74) is 0. The van der Waals surface area contributed by atoms with Crippen molar-refractivity contribution in [3.05, 3.63) is 12.2 Å². The first-order chi connectivity index (χ1) is 31.0. The van der Waals surface area contributed by atoms with Gasteiger partial charge in [0, 0.05) is 19.3 Å². The van der Waals surface area contributed by atoms with Crippen LogP contribution in [0.3, 0.4) is 0 Å². The number of ether oxygens (including phenoxy) is 3. The van der Waals surface area contributed by atoms with Crippen LogP contribution in [-0.4, -0.2) is 37.2 Å². The van der Waals surface area contributed by atoms with Crippen LogP contribution in [0, 0.1) is 0 Å². The Morgan fingerprint density at radius 3 is 0.825 bits per heavy atom. The maximum Gasteiger partial charge on any atom is 0.306 e. The van der Waals surface area contributed by atoms with E-state index in [-0.39, 0.29) is 31.1 Å². The summed E-state index contributed by atoms with van der Waals surface area (Å²) in [7, 11) is 0. The number of carbonyl (C=O) groups excluding carboxylic acids is 3. The number of allylic oxidation sites excluding steroid dienone is 2. The Hall–Kier alpha value is -1.85. The summed E-state index contributed by atoms with van der Waals surface area (Å²) in [6.07, 6.45) is 59.7. The summed E-state index contributed by atoms with van der Waals surface area (Å²) < 4.78 is 16.7. The lowest BCUT2D eigenvalue weighted by atomic mass is 10.0. The fraction of sp³-hybridized carbons (Fsp3) is 0.912. The molecule has 0 saturated carbocycles. The molecule has 0 radical (unpaired) electrons. The quantitative estimate of drug-likeness (QED) is 0.0262. The van der Waals surface area contributed by atoms with E-state index < -0.39 is 6.10 Å². The van der Waals surface area contributed by atoms with Crippen molar-refractivity contribution in [1.82, 2.24) is 0 Å². The van der Waals surface area contributed by atoms with Gasteiger partial charge in [0.2, 0.25) is 0 Å². The summed E-state index contributed by atoms with van der Waals surface area (Å²) in [6.45, 7) is 6.59. The van der Waals surface area contributed by atoms with E-state index in [9.17, 15) is 14.4 Å². The van der Waals surface area contributed by atoms with Crippen molar-refractivity contribution in [2.45, 2.75) is 322 Å². The number of hydrogen-bond acceptors (Lipinski definition) is 6. The van der Waals surface area contributed by atoms with Gasteiger partial charge in [-0.15, -0.1) is 0 Å². The second-order valence-corrected chi connectivity index (χ2v) is 19.2. The average Bonchev–Trinajstić information content (AvgIpc) is 3.28. The van der Waals surface area contributed by atoms with E-state index in [1.807, 2.05) is 0 Å². The Balaban J connectivity index is 3.96. The zero-order chi connectivity index (χ0) is 45.8. The Kier molecular flexibility index (Phi) is 51.2. The molecule has 0 rings (SSSR count). The third-order valence-electron chi connectivity index (χ3n) is 12.8. The van der Waals surface area contributed by atoms with Gasteiger partial charge in [-0.05, 0) is 44.9 Å². The fourth-order valence-electron chi connectivity index (χ4n) is 8.50. The lowest BCUT2D eigenvalue weighted by molar-refractivity contribution is -0.167. The van der Waals surface area contributed by atoms with Crippen LogP contribution in [0.1, 0.15) is 316 Å². The standard InChI is InChI=1S/C57H108O6/c1-4-7-10-13-16-18-20-22-23-24-25-26-27-28-29-30-31-32-33-34-35-36-38-39-41-44-47-50-56(59)62-53-54(52-61-55(58)49-46-43-15-12-9-6-3)63-57(60)51-48-45-42-40-37-21-19-17-14-11-8-5-2/h17,19,54H,4-16,18,20-53H2,1-3H3/b19-17-. The van der Waals surface area contributed by atoms with Crippen LogP contribution in [0.25, 0.3) is 0 Å². The largest absolute Gasteiger partial charge is 0.462 e. The van der Waals surface area contributed by atoms with Crippen molar-refractivity contribution in [1.29, 1.82) is 0 Å². The highest BCUT2D eigenvalue weighted by Crippen LogP contribution is 2.17. The Labute approximate surface area is 392 Å². The molecule has 6 nitrogen and oxygen atoms in total. The normalized spacial score (nSPS) is 12.0. The molecular weight excluding hydrogens is 781 g/mol. The third-order valence-corrected chi connectivity index (χ3v) is 12.8. The molecule has 0 fully saturated rings. The lowest BCUT2D eigenvalue weighted by Crippen LogP contribution is -2.30. The van der Waals surface area contributed by atoms with Gasteiger partial charge in [-0.25, -0.2) is 0 Å². The molecule has 0 aliphatic heterocycles. The summed E-state index contributed by atoms with van der Waals surface area (Å²) in [4.78, 5) is 37.7. The van der Waals surface area contributed by atoms with Gasteiger partial charge in [-0.2, -0.15) is 0 Å². The molecule has 372 valence electrons. The molecule has 0 N–H and O–H groups in total. The molecule has 1 unspecified atom stereocenters. The van der Waals surface area contributed by atoms with Crippen LogP contribution in [0.5, 0.6) is 0 Å². The van der Waals surface area contributed by atoms with Gasteiger partial charge in [-0.3, -0.25) is 14.4 Å². The predicted octanol–water partition coefficient (Wildman–Crippen LogP) is 18.5. The van der Waals surface area contributed by atoms with Crippen molar-refractivity contribution in [2.75, 3.05) is 13.2 Å². The highest BCUT2D eigenvalue weighted by Gasteiger charge is 2.19. The first-order valence-corrected chi connectivity index (χ1v) is 28.2. The van der Waals surface area contributed by atoms with Crippen molar-refractivity contribution >= 4 is 17.9 Å². The van der Waals surface area contributed by atoms with E-state index in [4.69, 9.17) is 14.2 Å². The van der Waals surface area contributed by atoms with Crippen LogP contribution in [0.4, 0.5) is 0 Å². The second kappa shape index (κ2) is 52.8. The summed E-state index contributed by atoms with van der Waals surface area (Å²) in [6, 6.07) is 0. The average molecular weight is 889 g/mol. The molecule has 0 saturated heterocycles. The molecule has 0 bridgehead atoms. The van der Waals surface area contributed by atoms with E-state index >= 15 is 0 Å². The SMILES string of the molecule is CCCCC/C=C\CCCCCCCC(=O)OC(COC(=O)CCCCCCCC)COC(=O)CCCCCCCCCCCCCCCCCCCCCCCCCCCCC. The Morgan fingerprint density at radius 2 is 0.524 bits per heavy atom. The molecule has 6 heteroatoms. The summed E-state index contributed by atoms with van der Waals surface area (Å²) >= 11 is 0. The lowest BCUT2D eigenvalue weighted by Gasteiger charge is -2.18. The molecule has 0 spiro atoms. The van der Waals surface area contributed by atoms with Crippen molar-refractivity contribution < 1.29 is 28.6 Å². The summed E-state index contributed by atoms with van der Waals surface area (Å²) in [5.74, 6) is -0.872. The smallest absolute Gasteiger partial charge is 0.306 e. The Morgan fingerprint density at radius 1 is 0.302 bits per heavy atom. The number of carbonyl (C=O) groups is 3. The molecule has 0 aromatic rings. The van der Waals surface area contributed by atoms with E-state index in [1.165, 1.54) is 212 Å². The maximum absolute atomic E-state index is 12.7. The first kappa shape index (κ1) is 61.1. The molecule has 63 heavy (non-hydrogen) atoms. The van der Waals surface area contributed by atoms with Gasteiger partial charge < -0.3 is 14.2 Å². The van der Waals surface area contributed by atoms with Crippen LogP contribution < -0.4 is 0 Å². The third kappa shape index (κ3) is 51.0. The van der Waals surface area contributed by atoms with Crippen LogP contribution in [0.2, 0.25) is 0 Å². The number of esters is 3. The molecule has 1 atom stereocenters. The van der Waals surface area contributed by atoms with Crippen LogP contribution in [-0.2, 0) is 28.6 Å².